The van der Waals surface area contributed by atoms with E-state index in [0.29, 0.717) is 23.5 Å². The van der Waals surface area contributed by atoms with E-state index in [-0.39, 0.29) is 24.1 Å². The summed E-state index contributed by atoms with van der Waals surface area (Å²) in [6.45, 7) is 3.66. The van der Waals surface area contributed by atoms with Gasteiger partial charge in [0.25, 0.3) is 11.6 Å². The number of aromatic nitrogens is 4. The van der Waals surface area contributed by atoms with Gasteiger partial charge >= 0.3 is 6.18 Å². The van der Waals surface area contributed by atoms with E-state index in [2.05, 4.69) is 20.4 Å². The summed E-state index contributed by atoms with van der Waals surface area (Å²) in [6, 6.07) is 2.04. The maximum Gasteiger partial charge on any atom is 0.453 e. The standard InChI is InChI=1S/C18H21F3N6OS/c1-10-13(11(2)27-17(23-10)24-16(25-27)18(19,20)21)7-15(28)22-8-14(26(3)4)12-5-6-29-9-12/h5-6,9,14H,7-8H2,1-4H3,(H,22,28)/t14-/m1/s1. The Balaban J connectivity index is 1.77. The van der Waals surface area contributed by atoms with E-state index in [0.717, 1.165) is 10.1 Å². The van der Waals surface area contributed by atoms with E-state index in [1.54, 1.807) is 25.2 Å². The molecule has 3 heterocycles. The molecule has 3 rings (SSSR count). The van der Waals surface area contributed by atoms with Gasteiger partial charge in [0, 0.05) is 23.5 Å². The van der Waals surface area contributed by atoms with Crippen LogP contribution in [0.5, 0.6) is 0 Å². The topological polar surface area (TPSA) is 75.4 Å². The van der Waals surface area contributed by atoms with Gasteiger partial charge in [0.1, 0.15) is 0 Å². The Morgan fingerprint density at radius 1 is 1.31 bits per heavy atom. The summed E-state index contributed by atoms with van der Waals surface area (Å²) in [7, 11) is 3.87. The molecule has 0 bridgehead atoms. The molecule has 3 aromatic rings. The fraction of sp³-hybridized carbons (Fsp3) is 0.444. The van der Waals surface area contributed by atoms with Crippen LogP contribution in [0.4, 0.5) is 13.2 Å². The molecule has 0 aromatic carbocycles. The molecule has 1 amide bonds. The number of rotatable bonds is 6. The summed E-state index contributed by atoms with van der Waals surface area (Å²) in [6.07, 6.45) is -4.67. The van der Waals surface area contributed by atoms with E-state index in [1.807, 2.05) is 35.8 Å². The molecule has 0 saturated heterocycles. The molecule has 1 N–H and O–H groups in total. The van der Waals surface area contributed by atoms with Gasteiger partial charge in [-0.2, -0.15) is 29.5 Å². The zero-order chi connectivity index (χ0) is 21.3. The maximum absolute atomic E-state index is 12.9. The van der Waals surface area contributed by atoms with Gasteiger partial charge < -0.3 is 10.2 Å². The Kier molecular flexibility index (Phi) is 5.90. The molecule has 0 saturated carbocycles. The van der Waals surface area contributed by atoms with Gasteiger partial charge in [-0.25, -0.2) is 9.50 Å². The van der Waals surface area contributed by atoms with Gasteiger partial charge in [-0.15, -0.1) is 5.10 Å². The van der Waals surface area contributed by atoms with Crippen LogP contribution in [0.3, 0.4) is 0 Å². The number of hydrogen-bond donors (Lipinski definition) is 1. The monoisotopic (exact) mass is 426 g/mol. The quantitative estimate of drug-likeness (QED) is 0.656. The van der Waals surface area contributed by atoms with E-state index in [4.69, 9.17) is 0 Å². The van der Waals surface area contributed by atoms with Gasteiger partial charge in [-0.1, -0.05) is 0 Å². The molecule has 0 unspecified atom stereocenters. The van der Waals surface area contributed by atoms with E-state index >= 15 is 0 Å². The second kappa shape index (κ2) is 8.07. The highest BCUT2D eigenvalue weighted by Crippen LogP contribution is 2.27. The minimum absolute atomic E-state index is 0.00833. The zero-order valence-electron chi connectivity index (χ0n) is 16.4. The Morgan fingerprint density at radius 3 is 2.62 bits per heavy atom. The summed E-state index contributed by atoms with van der Waals surface area (Å²) in [5, 5.41) is 10.4. The number of fused-ring (bicyclic) bond motifs is 1. The van der Waals surface area contributed by atoms with Crippen LogP contribution in [-0.2, 0) is 17.4 Å². The van der Waals surface area contributed by atoms with Crippen molar-refractivity contribution in [3.05, 3.63) is 45.2 Å². The first kappa shape index (κ1) is 21.2. The van der Waals surface area contributed by atoms with Crippen LogP contribution >= 0.6 is 11.3 Å². The predicted molar refractivity (Wildman–Crippen MR) is 103 cm³/mol. The zero-order valence-corrected chi connectivity index (χ0v) is 17.2. The van der Waals surface area contributed by atoms with Gasteiger partial charge in [0.2, 0.25) is 5.91 Å². The number of carbonyl (C=O) groups excluding carboxylic acids is 1. The number of nitrogens with zero attached hydrogens (tertiary/aromatic N) is 5. The number of carbonyl (C=O) groups is 1. The first-order valence-corrected chi connectivity index (χ1v) is 9.77. The normalized spacial score (nSPS) is 13.2. The molecule has 156 valence electrons. The molecule has 0 fully saturated rings. The van der Waals surface area contributed by atoms with Crippen molar-refractivity contribution in [1.29, 1.82) is 0 Å². The van der Waals surface area contributed by atoms with E-state index in [1.165, 1.54) is 0 Å². The third-order valence-corrected chi connectivity index (χ3v) is 5.39. The Morgan fingerprint density at radius 2 is 2.03 bits per heavy atom. The molecule has 0 aliphatic rings. The molecule has 7 nitrogen and oxygen atoms in total. The smallest absolute Gasteiger partial charge is 0.354 e. The molecule has 29 heavy (non-hydrogen) atoms. The summed E-state index contributed by atoms with van der Waals surface area (Å²) in [4.78, 5) is 22.1. The number of aryl methyl sites for hydroxylation is 2. The lowest BCUT2D eigenvalue weighted by molar-refractivity contribution is -0.144. The molecular formula is C18H21F3N6OS. The van der Waals surface area contributed by atoms with Crippen molar-refractivity contribution in [2.75, 3.05) is 20.6 Å². The summed E-state index contributed by atoms with van der Waals surface area (Å²) < 4.78 is 39.7. The lowest BCUT2D eigenvalue weighted by Crippen LogP contribution is -2.35. The maximum atomic E-state index is 12.9. The number of hydrogen-bond acceptors (Lipinski definition) is 6. The molecule has 11 heteroatoms. The van der Waals surface area contributed by atoms with Gasteiger partial charge in [-0.3, -0.25) is 4.79 Å². The van der Waals surface area contributed by atoms with Gasteiger partial charge in [0.15, 0.2) is 0 Å². The first-order valence-electron chi connectivity index (χ1n) is 8.83. The van der Waals surface area contributed by atoms with Crippen molar-refractivity contribution < 1.29 is 18.0 Å². The minimum atomic E-state index is -4.66. The average molecular weight is 426 g/mol. The van der Waals surface area contributed by atoms with Crippen molar-refractivity contribution in [3.63, 3.8) is 0 Å². The van der Waals surface area contributed by atoms with Gasteiger partial charge in [-0.05, 0) is 50.3 Å². The lowest BCUT2D eigenvalue weighted by atomic mass is 10.1. The number of alkyl halides is 3. The number of halogens is 3. The molecular weight excluding hydrogens is 405 g/mol. The lowest BCUT2D eigenvalue weighted by Gasteiger charge is -2.24. The van der Waals surface area contributed by atoms with Crippen LogP contribution in [0, 0.1) is 13.8 Å². The molecule has 0 spiro atoms. The largest absolute Gasteiger partial charge is 0.453 e. The third-order valence-electron chi connectivity index (χ3n) is 4.68. The fourth-order valence-electron chi connectivity index (χ4n) is 3.08. The predicted octanol–water partition coefficient (Wildman–Crippen LogP) is 2.78. The molecule has 0 aliphatic carbocycles. The summed E-state index contributed by atoms with van der Waals surface area (Å²) in [5.41, 5.74) is 2.50. The van der Waals surface area contributed by atoms with Crippen LogP contribution < -0.4 is 5.32 Å². The highest BCUT2D eigenvalue weighted by atomic mass is 32.1. The average Bonchev–Trinajstić information content (AvgIpc) is 3.28. The molecule has 0 radical (unpaired) electrons. The first-order chi connectivity index (χ1) is 13.6. The highest BCUT2D eigenvalue weighted by molar-refractivity contribution is 7.07. The summed E-state index contributed by atoms with van der Waals surface area (Å²) in [5.74, 6) is -1.63. The third kappa shape index (κ3) is 4.56. The Bertz CT molecular complexity index is 1010. The number of nitrogens with one attached hydrogen (secondary N) is 1. The van der Waals surface area contributed by atoms with E-state index < -0.39 is 12.0 Å². The Hall–Kier alpha value is -2.53. The number of amides is 1. The van der Waals surface area contributed by atoms with Crippen LogP contribution in [-0.4, -0.2) is 51.0 Å². The van der Waals surface area contributed by atoms with Crippen LogP contribution in [0.25, 0.3) is 5.78 Å². The van der Waals surface area contributed by atoms with Crippen molar-refractivity contribution >= 4 is 23.0 Å². The number of likely N-dealkylation sites (N-methyl/N-ethyl adjacent to an activating group) is 1. The van der Waals surface area contributed by atoms with Gasteiger partial charge in [0.05, 0.1) is 12.5 Å². The Labute approximate surface area is 169 Å². The summed E-state index contributed by atoms with van der Waals surface area (Å²) >= 11 is 1.59. The SMILES string of the molecule is Cc1nc2nc(C(F)(F)F)nn2c(C)c1CC(=O)NC[C@H](c1ccsc1)N(C)C. The number of thiophene rings is 1. The van der Waals surface area contributed by atoms with Crippen LogP contribution in [0.2, 0.25) is 0 Å². The molecule has 0 aliphatic heterocycles. The van der Waals surface area contributed by atoms with Crippen molar-refractivity contribution in [2.45, 2.75) is 32.5 Å². The van der Waals surface area contributed by atoms with Crippen molar-refractivity contribution in [1.82, 2.24) is 29.8 Å². The highest BCUT2D eigenvalue weighted by Gasteiger charge is 2.37. The molecule has 3 aromatic heterocycles. The fourth-order valence-corrected chi connectivity index (χ4v) is 3.79. The van der Waals surface area contributed by atoms with Crippen LogP contribution in [0.15, 0.2) is 16.8 Å². The van der Waals surface area contributed by atoms with Crippen molar-refractivity contribution in [3.8, 4) is 0 Å². The van der Waals surface area contributed by atoms with E-state index in [9.17, 15) is 18.0 Å². The van der Waals surface area contributed by atoms with Crippen molar-refractivity contribution in [2.24, 2.45) is 0 Å². The second-order valence-corrected chi connectivity index (χ2v) is 7.70. The second-order valence-electron chi connectivity index (χ2n) is 6.92. The minimum Gasteiger partial charge on any atom is -0.354 e. The van der Waals surface area contributed by atoms with Crippen LogP contribution in [0.1, 0.15) is 34.4 Å². The molecule has 1 atom stereocenters.